The Morgan fingerprint density at radius 1 is 0.638 bits per heavy atom. The number of hydrogen-bond acceptors (Lipinski definition) is 8. The van der Waals surface area contributed by atoms with Gasteiger partial charge in [0.05, 0.1) is 27.7 Å². The summed E-state index contributed by atoms with van der Waals surface area (Å²) < 4.78 is 33.7. The highest BCUT2D eigenvalue weighted by atomic mass is 31.2. The summed E-state index contributed by atoms with van der Waals surface area (Å²) in [5, 5.41) is 0. The molecule has 0 aromatic rings. The average Bonchev–Trinajstić information content (AvgIpc) is 3.01. The van der Waals surface area contributed by atoms with Crippen LogP contribution in [0.1, 0.15) is 162 Å². The van der Waals surface area contributed by atoms with Crippen LogP contribution in [-0.4, -0.2) is 70.0 Å². The van der Waals surface area contributed by atoms with E-state index in [4.69, 9.17) is 18.5 Å². The Morgan fingerprint density at radius 2 is 1.09 bits per heavy atom. The summed E-state index contributed by atoms with van der Waals surface area (Å²) in [6.45, 7) is 4.17. The van der Waals surface area contributed by atoms with Gasteiger partial charge in [-0.15, -0.1) is 0 Å². The fourth-order valence-electron chi connectivity index (χ4n) is 5.00. The van der Waals surface area contributed by atoms with Crippen LogP contribution >= 0.6 is 7.82 Å². The SMILES string of the molecule is CCCCCCC/C=C\CCCCCCCC(=O)OC(COC(=O)CCCCCCCCCCC)COP(=O)([O-])OCC[N+](C)(C)C. The molecule has 0 rings (SSSR count). The van der Waals surface area contributed by atoms with Crippen LogP contribution in [0.2, 0.25) is 0 Å². The van der Waals surface area contributed by atoms with Gasteiger partial charge in [0.1, 0.15) is 19.8 Å². The van der Waals surface area contributed by atoms with Gasteiger partial charge in [-0.1, -0.05) is 122 Å². The lowest BCUT2D eigenvalue weighted by molar-refractivity contribution is -0.870. The maximum atomic E-state index is 12.6. The second-order valence-corrected chi connectivity index (χ2v) is 15.4. The normalized spacial score (nSPS) is 13.9. The molecule has 0 saturated heterocycles. The molecule has 2 unspecified atom stereocenters. The van der Waals surface area contributed by atoms with Crippen LogP contribution in [0.25, 0.3) is 0 Å². The highest BCUT2D eigenvalue weighted by Crippen LogP contribution is 2.38. The molecule has 278 valence electrons. The zero-order valence-electron chi connectivity index (χ0n) is 31.0. The minimum Gasteiger partial charge on any atom is -0.756 e. The van der Waals surface area contributed by atoms with E-state index in [1.165, 1.54) is 77.0 Å². The number of hydrogen-bond donors (Lipinski definition) is 0. The minimum absolute atomic E-state index is 0.0299. The summed E-state index contributed by atoms with van der Waals surface area (Å²) in [4.78, 5) is 37.2. The van der Waals surface area contributed by atoms with Crippen molar-refractivity contribution in [2.24, 2.45) is 0 Å². The number of carbonyl (C=O) groups is 2. The molecule has 0 N–H and O–H groups in total. The van der Waals surface area contributed by atoms with Gasteiger partial charge in [-0.2, -0.15) is 0 Å². The summed E-state index contributed by atoms with van der Waals surface area (Å²) >= 11 is 0. The summed E-state index contributed by atoms with van der Waals surface area (Å²) in [6, 6.07) is 0. The quantitative estimate of drug-likeness (QED) is 0.0216. The molecule has 0 bridgehead atoms. The number of nitrogens with zero attached hydrogens (tertiary/aromatic N) is 1. The van der Waals surface area contributed by atoms with Gasteiger partial charge in [0.15, 0.2) is 6.10 Å². The molecule has 0 aromatic carbocycles. The summed E-state index contributed by atoms with van der Waals surface area (Å²) in [5.74, 6) is -0.845. The fraction of sp³-hybridized carbons (Fsp3) is 0.892. The number of esters is 2. The van der Waals surface area contributed by atoms with Crippen molar-refractivity contribution in [3.63, 3.8) is 0 Å². The third-order valence-corrected chi connectivity index (χ3v) is 9.00. The third-order valence-electron chi connectivity index (χ3n) is 8.04. The standard InChI is InChI=1S/C37H72NO8P/c1-6-8-10-12-14-16-17-18-19-20-22-24-26-28-30-37(40)46-35(34-45-47(41,42)44-32-31-38(3,4)5)33-43-36(39)29-27-25-23-21-15-13-11-9-7-2/h17-18,35H,6-16,19-34H2,1-5H3/b18-17-. The summed E-state index contributed by atoms with van der Waals surface area (Å²) in [6.07, 6.45) is 28.1. The maximum absolute atomic E-state index is 12.6. The number of phosphoric acid groups is 1. The third kappa shape index (κ3) is 34.4. The Balaban J connectivity index is 4.44. The van der Waals surface area contributed by atoms with Crippen LogP contribution < -0.4 is 4.89 Å². The first kappa shape index (κ1) is 45.8. The number of ether oxygens (including phenoxy) is 2. The minimum atomic E-state index is -4.61. The summed E-state index contributed by atoms with van der Waals surface area (Å²) in [7, 11) is 1.16. The molecular formula is C37H72NO8P. The first-order valence-corrected chi connectivity index (χ1v) is 20.4. The van der Waals surface area contributed by atoms with Crippen LogP contribution in [-0.2, 0) is 32.7 Å². The first-order chi connectivity index (χ1) is 22.5. The van der Waals surface area contributed by atoms with Crippen LogP contribution in [0, 0.1) is 0 Å². The number of rotatable bonds is 34. The van der Waals surface area contributed by atoms with E-state index in [2.05, 4.69) is 26.0 Å². The monoisotopic (exact) mass is 689 g/mol. The zero-order valence-corrected chi connectivity index (χ0v) is 31.9. The lowest BCUT2D eigenvalue weighted by Crippen LogP contribution is -2.37. The first-order valence-electron chi connectivity index (χ1n) is 18.9. The Labute approximate surface area is 288 Å². The molecule has 0 spiro atoms. The predicted octanol–water partition coefficient (Wildman–Crippen LogP) is 9.22. The Bertz CT molecular complexity index is 830. The Morgan fingerprint density at radius 3 is 1.57 bits per heavy atom. The molecule has 0 aliphatic rings. The summed E-state index contributed by atoms with van der Waals surface area (Å²) in [5.41, 5.74) is 0. The van der Waals surface area contributed by atoms with Crippen LogP contribution in [0.15, 0.2) is 12.2 Å². The van der Waals surface area contributed by atoms with E-state index in [0.29, 0.717) is 17.4 Å². The molecule has 0 heterocycles. The molecule has 0 aromatic heterocycles. The van der Waals surface area contributed by atoms with Gasteiger partial charge in [0.25, 0.3) is 7.82 Å². The molecule has 0 aliphatic carbocycles. The van der Waals surface area contributed by atoms with E-state index in [9.17, 15) is 19.0 Å². The van der Waals surface area contributed by atoms with E-state index < -0.39 is 26.5 Å². The lowest BCUT2D eigenvalue weighted by Gasteiger charge is -2.28. The van der Waals surface area contributed by atoms with Gasteiger partial charge in [-0.05, 0) is 38.5 Å². The van der Waals surface area contributed by atoms with Gasteiger partial charge in [-0.3, -0.25) is 14.2 Å². The molecule has 0 radical (unpaired) electrons. The zero-order chi connectivity index (χ0) is 35.1. The van der Waals surface area contributed by atoms with Crippen molar-refractivity contribution in [3.05, 3.63) is 12.2 Å². The Kier molecular flexibility index (Phi) is 30.0. The molecule has 2 atom stereocenters. The number of likely N-dealkylation sites (N-methyl/N-ethyl adjacent to an activating group) is 1. The molecule has 0 fully saturated rings. The predicted molar refractivity (Wildman–Crippen MR) is 190 cm³/mol. The van der Waals surface area contributed by atoms with E-state index in [0.717, 1.165) is 51.4 Å². The highest BCUT2D eigenvalue weighted by molar-refractivity contribution is 7.45. The van der Waals surface area contributed by atoms with Gasteiger partial charge in [0, 0.05) is 12.8 Å². The second kappa shape index (κ2) is 30.8. The molecule has 0 aliphatic heterocycles. The van der Waals surface area contributed by atoms with Crippen molar-refractivity contribution >= 4 is 19.8 Å². The average molecular weight is 690 g/mol. The molecule has 9 nitrogen and oxygen atoms in total. The molecule has 10 heteroatoms. The van der Waals surface area contributed by atoms with Crippen LogP contribution in [0.4, 0.5) is 0 Å². The van der Waals surface area contributed by atoms with E-state index >= 15 is 0 Å². The number of allylic oxidation sites excluding steroid dienone is 2. The van der Waals surface area contributed by atoms with Gasteiger partial charge >= 0.3 is 11.9 Å². The maximum Gasteiger partial charge on any atom is 0.306 e. The largest absolute Gasteiger partial charge is 0.756 e. The van der Waals surface area contributed by atoms with Crippen LogP contribution in [0.3, 0.4) is 0 Å². The van der Waals surface area contributed by atoms with Crippen LogP contribution in [0.5, 0.6) is 0 Å². The number of quaternary nitrogens is 1. The Hall–Kier alpha value is -1.25. The number of unbranched alkanes of at least 4 members (excludes halogenated alkanes) is 18. The highest BCUT2D eigenvalue weighted by Gasteiger charge is 2.21. The molecule has 0 amide bonds. The lowest BCUT2D eigenvalue weighted by atomic mass is 10.1. The van der Waals surface area contributed by atoms with Crippen molar-refractivity contribution in [1.82, 2.24) is 0 Å². The topological polar surface area (TPSA) is 111 Å². The van der Waals surface area contributed by atoms with E-state index in [-0.39, 0.29) is 32.0 Å². The fourth-order valence-corrected chi connectivity index (χ4v) is 5.73. The van der Waals surface area contributed by atoms with Crippen molar-refractivity contribution in [3.8, 4) is 0 Å². The van der Waals surface area contributed by atoms with E-state index in [1.807, 2.05) is 21.1 Å². The van der Waals surface area contributed by atoms with Crippen molar-refractivity contribution in [2.75, 3.05) is 47.5 Å². The smallest absolute Gasteiger partial charge is 0.306 e. The molecule has 47 heavy (non-hydrogen) atoms. The van der Waals surface area contributed by atoms with Gasteiger partial charge < -0.3 is 27.9 Å². The number of phosphoric ester groups is 1. The second-order valence-electron chi connectivity index (χ2n) is 13.9. The van der Waals surface area contributed by atoms with Gasteiger partial charge in [0.2, 0.25) is 0 Å². The van der Waals surface area contributed by atoms with Crippen molar-refractivity contribution in [2.45, 2.75) is 168 Å². The van der Waals surface area contributed by atoms with E-state index in [1.54, 1.807) is 0 Å². The molecular weight excluding hydrogens is 617 g/mol. The van der Waals surface area contributed by atoms with Crippen molar-refractivity contribution in [1.29, 1.82) is 0 Å². The van der Waals surface area contributed by atoms with Gasteiger partial charge in [-0.25, -0.2) is 0 Å². The number of carbonyl (C=O) groups excluding carboxylic acids is 2. The van der Waals surface area contributed by atoms with Crippen molar-refractivity contribution < 1.29 is 42.1 Å². The molecule has 0 saturated carbocycles.